The zero-order valence-electron chi connectivity index (χ0n) is 15.1. The molecule has 0 aliphatic heterocycles. The Labute approximate surface area is 160 Å². The van der Waals surface area contributed by atoms with Crippen LogP contribution in [0, 0.1) is 0 Å². The van der Waals surface area contributed by atoms with Gasteiger partial charge in [-0.05, 0) is 43.2 Å². The lowest BCUT2D eigenvalue weighted by molar-refractivity contribution is -0.137. The highest BCUT2D eigenvalue weighted by atomic mass is 19.4. The number of aromatic nitrogens is 1. The van der Waals surface area contributed by atoms with Gasteiger partial charge in [0.25, 0.3) is 0 Å². The fourth-order valence-electron chi connectivity index (χ4n) is 2.67. The summed E-state index contributed by atoms with van der Waals surface area (Å²) in [6, 6.07) is 7.73. The molecule has 150 valence electrons. The highest BCUT2D eigenvalue weighted by Gasteiger charge is 2.32. The zero-order valence-corrected chi connectivity index (χ0v) is 15.1. The Kier molecular flexibility index (Phi) is 6.97. The summed E-state index contributed by atoms with van der Waals surface area (Å²) in [4.78, 5) is 28.9. The van der Waals surface area contributed by atoms with Crippen molar-refractivity contribution in [2.24, 2.45) is 5.73 Å². The Morgan fingerprint density at radius 3 is 2.32 bits per heavy atom. The SMILES string of the molecule is NC(=O)CCCCCC(=O)N(c1ccccn1)c1ccc(C(F)(F)F)cc1N. The predicted molar refractivity (Wildman–Crippen MR) is 99.5 cm³/mol. The van der Waals surface area contributed by atoms with Crippen LogP contribution in [0.5, 0.6) is 0 Å². The fraction of sp³-hybridized carbons (Fsp3) is 0.316. The molecule has 2 rings (SSSR count). The van der Waals surface area contributed by atoms with Crippen molar-refractivity contribution < 1.29 is 22.8 Å². The van der Waals surface area contributed by atoms with Crippen molar-refractivity contribution in [1.82, 2.24) is 4.98 Å². The van der Waals surface area contributed by atoms with Gasteiger partial charge in [-0.3, -0.25) is 14.5 Å². The van der Waals surface area contributed by atoms with Gasteiger partial charge < -0.3 is 11.5 Å². The average Bonchev–Trinajstić information content (AvgIpc) is 2.63. The maximum Gasteiger partial charge on any atom is 0.416 e. The third-order valence-corrected chi connectivity index (χ3v) is 4.04. The number of hydrogen-bond donors (Lipinski definition) is 2. The van der Waals surface area contributed by atoms with Crippen molar-refractivity contribution in [3.8, 4) is 0 Å². The number of benzene rings is 1. The van der Waals surface area contributed by atoms with Gasteiger partial charge in [0.2, 0.25) is 11.8 Å². The van der Waals surface area contributed by atoms with Crippen LogP contribution in [0.25, 0.3) is 0 Å². The number of anilines is 3. The number of nitrogens with zero attached hydrogens (tertiary/aromatic N) is 2. The number of alkyl halides is 3. The smallest absolute Gasteiger partial charge is 0.397 e. The molecule has 0 atom stereocenters. The summed E-state index contributed by atoms with van der Waals surface area (Å²) in [7, 11) is 0. The lowest BCUT2D eigenvalue weighted by atomic mass is 10.1. The van der Waals surface area contributed by atoms with E-state index in [9.17, 15) is 22.8 Å². The highest BCUT2D eigenvalue weighted by Crippen LogP contribution is 2.36. The second-order valence-corrected chi connectivity index (χ2v) is 6.22. The van der Waals surface area contributed by atoms with E-state index in [0.29, 0.717) is 19.3 Å². The van der Waals surface area contributed by atoms with E-state index in [0.717, 1.165) is 18.2 Å². The van der Waals surface area contributed by atoms with E-state index in [1.165, 1.54) is 11.1 Å². The van der Waals surface area contributed by atoms with E-state index in [-0.39, 0.29) is 35.9 Å². The molecule has 1 aromatic heterocycles. The highest BCUT2D eigenvalue weighted by molar-refractivity contribution is 6.02. The minimum atomic E-state index is -4.53. The van der Waals surface area contributed by atoms with E-state index in [1.54, 1.807) is 18.2 Å². The van der Waals surface area contributed by atoms with Gasteiger partial charge in [0.1, 0.15) is 5.82 Å². The van der Waals surface area contributed by atoms with Crippen molar-refractivity contribution in [2.45, 2.75) is 38.3 Å². The molecule has 0 radical (unpaired) electrons. The van der Waals surface area contributed by atoms with Crippen LogP contribution in [0.1, 0.15) is 37.7 Å². The molecule has 28 heavy (non-hydrogen) atoms. The number of carbonyl (C=O) groups excluding carboxylic acids is 2. The van der Waals surface area contributed by atoms with E-state index < -0.39 is 17.6 Å². The quantitative estimate of drug-likeness (QED) is 0.525. The first kappa shape index (κ1) is 21.2. The summed E-state index contributed by atoms with van der Waals surface area (Å²) in [5.41, 5.74) is 9.97. The fourth-order valence-corrected chi connectivity index (χ4v) is 2.67. The Bertz CT molecular complexity index is 826. The predicted octanol–water partition coefficient (Wildman–Crippen LogP) is 3.78. The Morgan fingerprint density at radius 2 is 1.75 bits per heavy atom. The number of nitrogen functional groups attached to an aromatic ring is 1. The van der Waals surface area contributed by atoms with Crippen molar-refractivity contribution >= 4 is 29.0 Å². The Morgan fingerprint density at radius 1 is 1.04 bits per heavy atom. The Balaban J connectivity index is 2.24. The summed E-state index contributed by atoms with van der Waals surface area (Å²) in [5, 5.41) is 0. The third-order valence-electron chi connectivity index (χ3n) is 4.04. The molecule has 2 aromatic rings. The van der Waals surface area contributed by atoms with Crippen LogP contribution in [0.2, 0.25) is 0 Å². The second-order valence-electron chi connectivity index (χ2n) is 6.22. The molecule has 0 spiro atoms. The molecule has 6 nitrogen and oxygen atoms in total. The molecule has 1 heterocycles. The Hall–Kier alpha value is -3.10. The molecular weight excluding hydrogens is 373 g/mol. The molecule has 0 unspecified atom stereocenters. The maximum absolute atomic E-state index is 12.9. The van der Waals surface area contributed by atoms with Gasteiger partial charge in [-0.25, -0.2) is 4.98 Å². The third kappa shape index (κ3) is 5.70. The number of unbranched alkanes of at least 4 members (excludes halogenated alkanes) is 2. The van der Waals surface area contributed by atoms with E-state index in [2.05, 4.69) is 4.98 Å². The first-order valence-electron chi connectivity index (χ1n) is 8.69. The maximum atomic E-state index is 12.9. The van der Waals surface area contributed by atoms with Gasteiger partial charge in [-0.2, -0.15) is 13.2 Å². The number of pyridine rings is 1. The molecule has 2 amide bonds. The van der Waals surface area contributed by atoms with Gasteiger partial charge >= 0.3 is 6.18 Å². The molecule has 0 fully saturated rings. The molecule has 0 aliphatic rings. The number of primary amides is 1. The van der Waals surface area contributed by atoms with Gasteiger partial charge in [0.05, 0.1) is 16.9 Å². The number of hydrogen-bond acceptors (Lipinski definition) is 4. The first-order valence-corrected chi connectivity index (χ1v) is 8.69. The minimum Gasteiger partial charge on any atom is -0.397 e. The largest absolute Gasteiger partial charge is 0.416 e. The standard InChI is InChI=1S/C19H21F3N4O2/c20-19(21,22)13-9-10-15(14(23)12-13)26(17-7-4-5-11-25-17)18(28)8-3-1-2-6-16(24)27/h4-5,7,9-12H,1-3,6,8,23H2,(H2,24,27). The molecule has 0 saturated carbocycles. The zero-order chi connectivity index (χ0) is 20.7. The van der Waals surface area contributed by atoms with Crippen molar-refractivity contribution in [3.63, 3.8) is 0 Å². The molecule has 9 heteroatoms. The van der Waals surface area contributed by atoms with Gasteiger partial charge in [0, 0.05) is 19.0 Å². The number of halogens is 3. The van der Waals surface area contributed by atoms with Gasteiger partial charge in [-0.15, -0.1) is 0 Å². The summed E-state index contributed by atoms with van der Waals surface area (Å²) < 4.78 is 38.7. The number of nitrogens with two attached hydrogens (primary N) is 2. The number of amides is 2. The summed E-state index contributed by atoms with van der Waals surface area (Å²) in [6.07, 6.45) is -1.02. The monoisotopic (exact) mass is 394 g/mol. The normalized spacial score (nSPS) is 11.2. The lowest BCUT2D eigenvalue weighted by Crippen LogP contribution is -2.27. The molecule has 0 aliphatic carbocycles. The van der Waals surface area contributed by atoms with Crippen LogP contribution in [0.4, 0.5) is 30.4 Å². The van der Waals surface area contributed by atoms with Gasteiger partial charge in [-0.1, -0.05) is 12.5 Å². The summed E-state index contributed by atoms with van der Waals surface area (Å²) >= 11 is 0. The van der Waals surface area contributed by atoms with Crippen LogP contribution >= 0.6 is 0 Å². The second kappa shape index (κ2) is 9.20. The summed E-state index contributed by atoms with van der Waals surface area (Å²) in [6.45, 7) is 0. The van der Waals surface area contributed by atoms with Crippen LogP contribution < -0.4 is 16.4 Å². The van der Waals surface area contributed by atoms with Crippen molar-refractivity contribution in [3.05, 3.63) is 48.2 Å². The van der Waals surface area contributed by atoms with Crippen molar-refractivity contribution in [2.75, 3.05) is 10.6 Å². The molecule has 1 aromatic carbocycles. The van der Waals surface area contributed by atoms with E-state index in [1.807, 2.05) is 0 Å². The molecular formula is C19H21F3N4O2. The lowest BCUT2D eigenvalue weighted by Gasteiger charge is -2.24. The van der Waals surface area contributed by atoms with Crippen LogP contribution in [0.15, 0.2) is 42.6 Å². The average molecular weight is 394 g/mol. The van der Waals surface area contributed by atoms with Crippen molar-refractivity contribution in [1.29, 1.82) is 0 Å². The molecule has 0 bridgehead atoms. The number of rotatable bonds is 8. The van der Waals surface area contributed by atoms with E-state index >= 15 is 0 Å². The van der Waals surface area contributed by atoms with Gasteiger partial charge in [0.15, 0.2) is 0 Å². The minimum absolute atomic E-state index is 0.121. The van der Waals surface area contributed by atoms with Crippen LogP contribution in [-0.2, 0) is 15.8 Å². The van der Waals surface area contributed by atoms with E-state index in [4.69, 9.17) is 11.5 Å². The van der Waals surface area contributed by atoms with Crippen LogP contribution in [-0.4, -0.2) is 16.8 Å². The number of carbonyl (C=O) groups is 2. The summed E-state index contributed by atoms with van der Waals surface area (Å²) in [5.74, 6) is -0.501. The topological polar surface area (TPSA) is 102 Å². The molecule has 4 N–H and O–H groups in total. The first-order chi connectivity index (χ1) is 13.2. The van der Waals surface area contributed by atoms with Crippen LogP contribution in [0.3, 0.4) is 0 Å². The molecule has 0 saturated heterocycles.